The van der Waals surface area contributed by atoms with Crippen molar-refractivity contribution < 1.29 is 9.59 Å². The molecule has 2 atom stereocenters. The van der Waals surface area contributed by atoms with Gasteiger partial charge in [0.05, 0.1) is 6.04 Å². The minimum atomic E-state index is -0.135. The number of aryl methyl sites for hydroxylation is 1. The van der Waals surface area contributed by atoms with Crippen LogP contribution in [0.25, 0.3) is 0 Å². The molecular weight excluding hydrogens is 316 g/mol. The Kier molecular flexibility index (Phi) is 5.58. The highest BCUT2D eigenvalue weighted by Gasteiger charge is 2.19. The summed E-state index contributed by atoms with van der Waals surface area (Å²) in [5.41, 5.74) is 3.07. The van der Waals surface area contributed by atoms with Gasteiger partial charge in [0.2, 0.25) is 5.91 Å². The van der Waals surface area contributed by atoms with Gasteiger partial charge in [-0.2, -0.15) is 0 Å². The number of fused-ring (bicyclic) bond motifs is 1. The molecule has 0 spiro atoms. The maximum Gasteiger partial charge on any atom is 0.315 e. The maximum absolute atomic E-state index is 12.2. The molecule has 136 valence electrons. The first kappa shape index (κ1) is 17.7. The zero-order chi connectivity index (χ0) is 17.8. The summed E-state index contributed by atoms with van der Waals surface area (Å²) in [5.74, 6) is 0.0675. The van der Waals surface area contributed by atoms with E-state index in [9.17, 15) is 9.59 Å². The van der Waals surface area contributed by atoms with Crippen LogP contribution in [0.15, 0.2) is 18.2 Å². The first-order chi connectivity index (χ1) is 12.0. The highest BCUT2D eigenvalue weighted by molar-refractivity contribution is 5.93. The Morgan fingerprint density at radius 2 is 2.00 bits per heavy atom. The lowest BCUT2D eigenvalue weighted by Gasteiger charge is -2.24. The Morgan fingerprint density at radius 3 is 2.76 bits per heavy atom. The summed E-state index contributed by atoms with van der Waals surface area (Å²) in [7, 11) is 0. The molecule has 1 aromatic carbocycles. The van der Waals surface area contributed by atoms with Gasteiger partial charge in [0.25, 0.3) is 0 Å². The van der Waals surface area contributed by atoms with Crippen molar-refractivity contribution >= 4 is 17.6 Å². The number of rotatable bonds is 5. The second-order valence-corrected chi connectivity index (χ2v) is 7.13. The van der Waals surface area contributed by atoms with Crippen LogP contribution in [0.2, 0.25) is 0 Å². The van der Waals surface area contributed by atoms with Crippen molar-refractivity contribution in [3.05, 3.63) is 29.3 Å². The van der Waals surface area contributed by atoms with E-state index in [0.29, 0.717) is 19.0 Å². The molecule has 3 N–H and O–H groups in total. The van der Waals surface area contributed by atoms with Crippen molar-refractivity contribution in [2.24, 2.45) is 0 Å². The molecule has 0 bridgehead atoms. The average molecular weight is 344 g/mol. The van der Waals surface area contributed by atoms with E-state index in [4.69, 9.17) is 0 Å². The summed E-state index contributed by atoms with van der Waals surface area (Å²) in [6.45, 7) is 7.06. The van der Waals surface area contributed by atoms with Gasteiger partial charge in [-0.05, 0) is 63.4 Å². The van der Waals surface area contributed by atoms with E-state index in [2.05, 4.69) is 33.8 Å². The van der Waals surface area contributed by atoms with E-state index in [1.165, 1.54) is 12.8 Å². The number of carbonyl (C=O) groups is 2. The molecule has 2 heterocycles. The Balaban J connectivity index is 1.50. The Morgan fingerprint density at radius 1 is 1.24 bits per heavy atom. The number of benzene rings is 1. The summed E-state index contributed by atoms with van der Waals surface area (Å²) in [6, 6.07) is 6.12. The molecular formula is C19H28N4O2. The number of likely N-dealkylation sites (tertiary alicyclic amines) is 1. The van der Waals surface area contributed by atoms with Crippen LogP contribution in [-0.2, 0) is 11.2 Å². The fraction of sp³-hybridized carbons (Fsp3) is 0.579. The fourth-order valence-corrected chi connectivity index (χ4v) is 3.56. The van der Waals surface area contributed by atoms with Gasteiger partial charge in [-0.1, -0.05) is 12.1 Å². The third-order valence-electron chi connectivity index (χ3n) is 5.19. The van der Waals surface area contributed by atoms with Crippen LogP contribution < -0.4 is 16.0 Å². The van der Waals surface area contributed by atoms with Crippen molar-refractivity contribution in [1.29, 1.82) is 0 Å². The van der Waals surface area contributed by atoms with Crippen LogP contribution in [0.3, 0.4) is 0 Å². The predicted octanol–water partition coefficient (Wildman–Crippen LogP) is 2.42. The van der Waals surface area contributed by atoms with Gasteiger partial charge in [-0.15, -0.1) is 0 Å². The van der Waals surface area contributed by atoms with Crippen LogP contribution in [0, 0.1) is 0 Å². The van der Waals surface area contributed by atoms with Crippen LogP contribution in [0.4, 0.5) is 10.5 Å². The zero-order valence-electron chi connectivity index (χ0n) is 15.1. The van der Waals surface area contributed by atoms with Gasteiger partial charge in [-0.25, -0.2) is 4.79 Å². The molecule has 6 nitrogen and oxygen atoms in total. The molecule has 6 heteroatoms. The smallest absolute Gasteiger partial charge is 0.315 e. The first-order valence-electron chi connectivity index (χ1n) is 9.24. The number of hydrogen-bond donors (Lipinski definition) is 3. The summed E-state index contributed by atoms with van der Waals surface area (Å²) >= 11 is 0. The number of hydrogen-bond acceptors (Lipinski definition) is 3. The van der Waals surface area contributed by atoms with Crippen molar-refractivity contribution in [1.82, 2.24) is 15.5 Å². The topological polar surface area (TPSA) is 73.5 Å². The number of carbonyl (C=O) groups excluding carboxylic acids is 2. The quantitative estimate of drug-likeness (QED) is 0.768. The molecule has 0 radical (unpaired) electrons. The fourth-order valence-electron chi connectivity index (χ4n) is 3.56. The molecule has 0 aliphatic carbocycles. The molecule has 3 amide bonds. The third-order valence-corrected chi connectivity index (χ3v) is 5.19. The number of nitrogens with zero attached hydrogens (tertiary/aromatic N) is 1. The molecule has 0 aromatic heterocycles. The summed E-state index contributed by atoms with van der Waals surface area (Å²) in [4.78, 5) is 26.0. The standard InChI is InChI=1S/C19H28N4O2/c1-13(23-9-3-4-10-23)12-20-19(25)21-14(2)15-5-7-17-16(11-15)6-8-18(24)22-17/h5,7,11,13-14H,3-4,6,8-10,12H2,1-2H3,(H,22,24)(H2,20,21,25)/t13-,14-/m1/s1. The highest BCUT2D eigenvalue weighted by Crippen LogP contribution is 2.26. The lowest BCUT2D eigenvalue weighted by atomic mass is 9.98. The third kappa shape index (κ3) is 4.51. The number of amides is 3. The van der Waals surface area contributed by atoms with Gasteiger partial charge in [-0.3, -0.25) is 9.69 Å². The minimum Gasteiger partial charge on any atom is -0.337 e. The van der Waals surface area contributed by atoms with Gasteiger partial charge in [0.15, 0.2) is 0 Å². The van der Waals surface area contributed by atoms with Crippen molar-refractivity contribution in [3.63, 3.8) is 0 Å². The first-order valence-corrected chi connectivity index (χ1v) is 9.24. The largest absolute Gasteiger partial charge is 0.337 e. The van der Waals surface area contributed by atoms with E-state index in [1.807, 2.05) is 19.1 Å². The van der Waals surface area contributed by atoms with Gasteiger partial charge in [0, 0.05) is 24.7 Å². The van der Waals surface area contributed by atoms with E-state index < -0.39 is 0 Å². The maximum atomic E-state index is 12.2. The zero-order valence-corrected chi connectivity index (χ0v) is 15.1. The average Bonchev–Trinajstić information content (AvgIpc) is 3.13. The monoisotopic (exact) mass is 344 g/mol. The number of anilines is 1. The normalized spacial score (nSPS) is 19.7. The van der Waals surface area contributed by atoms with Crippen LogP contribution in [-0.4, -0.2) is 42.5 Å². The lowest BCUT2D eigenvalue weighted by molar-refractivity contribution is -0.116. The summed E-state index contributed by atoms with van der Waals surface area (Å²) < 4.78 is 0. The number of urea groups is 1. The minimum absolute atomic E-state index is 0.0675. The predicted molar refractivity (Wildman–Crippen MR) is 98.6 cm³/mol. The van der Waals surface area contributed by atoms with E-state index in [1.54, 1.807) is 0 Å². The SMILES string of the molecule is C[C@H](CNC(=O)N[C@H](C)c1ccc2c(c1)CCC(=O)N2)N1CCCC1. The van der Waals surface area contributed by atoms with E-state index >= 15 is 0 Å². The molecule has 2 aliphatic heterocycles. The Bertz CT molecular complexity index is 640. The Hall–Kier alpha value is -2.08. The van der Waals surface area contributed by atoms with Crippen molar-refractivity contribution in [3.8, 4) is 0 Å². The molecule has 2 aliphatic rings. The molecule has 1 saturated heterocycles. The number of nitrogens with one attached hydrogen (secondary N) is 3. The van der Waals surface area contributed by atoms with Crippen LogP contribution >= 0.6 is 0 Å². The van der Waals surface area contributed by atoms with Crippen molar-refractivity contribution in [2.75, 3.05) is 25.0 Å². The molecule has 3 rings (SSSR count). The van der Waals surface area contributed by atoms with Crippen LogP contribution in [0.1, 0.15) is 50.3 Å². The van der Waals surface area contributed by atoms with Crippen LogP contribution in [0.5, 0.6) is 0 Å². The summed E-state index contributed by atoms with van der Waals surface area (Å²) in [6.07, 6.45) is 3.78. The molecule has 0 unspecified atom stereocenters. The lowest BCUT2D eigenvalue weighted by Crippen LogP contribution is -2.44. The van der Waals surface area contributed by atoms with Gasteiger partial charge in [0.1, 0.15) is 0 Å². The van der Waals surface area contributed by atoms with Gasteiger partial charge >= 0.3 is 6.03 Å². The van der Waals surface area contributed by atoms with Gasteiger partial charge < -0.3 is 16.0 Å². The van der Waals surface area contributed by atoms with E-state index in [-0.39, 0.29) is 18.0 Å². The Labute approximate surface area is 149 Å². The second kappa shape index (κ2) is 7.87. The molecule has 0 saturated carbocycles. The van der Waals surface area contributed by atoms with E-state index in [0.717, 1.165) is 36.3 Å². The molecule has 25 heavy (non-hydrogen) atoms. The van der Waals surface area contributed by atoms with Crippen molar-refractivity contribution in [2.45, 2.75) is 51.6 Å². The second-order valence-electron chi connectivity index (χ2n) is 7.13. The molecule has 1 aromatic rings. The summed E-state index contributed by atoms with van der Waals surface area (Å²) in [5, 5.41) is 8.86. The highest BCUT2D eigenvalue weighted by atomic mass is 16.2. The molecule has 1 fully saturated rings.